The van der Waals surface area contributed by atoms with Crippen molar-refractivity contribution in [2.45, 2.75) is 32.4 Å². The van der Waals surface area contributed by atoms with Crippen LogP contribution in [-0.2, 0) is 0 Å². The Labute approximate surface area is 89.1 Å². The van der Waals surface area contributed by atoms with Gasteiger partial charge in [-0.05, 0) is 20.3 Å². The molecule has 0 spiro atoms. The fraction of sp³-hybridized carbons (Fsp3) is 0.600. The fourth-order valence-electron chi connectivity index (χ4n) is 1.42. The average molecular weight is 208 g/mol. The van der Waals surface area contributed by atoms with E-state index >= 15 is 0 Å². The van der Waals surface area contributed by atoms with Crippen LogP contribution in [0.4, 0.5) is 5.82 Å². The van der Waals surface area contributed by atoms with Crippen molar-refractivity contribution in [2.75, 3.05) is 11.9 Å². The van der Waals surface area contributed by atoms with Crippen molar-refractivity contribution in [1.82, 2.24) is 9.97 Å². The van der Waals surface area contributed by atoms with E-state index in [1.54, 1.807) is 0 Å². The van der Waals surface area contributed by atoms with Gasteiger partial charge in [0.15, 0.2) is 0 Å². The first-order valence-electron chi connectivity index (χ1n) is 5.19. The summed E-state index contributed by atoms with van der Waals surface area (Å²) in [5.74, 6) is 1.47. The summed E-state index contributed by atoms with van der Waals surface area (Å²) in [5, 5.41) is 3.28. The highest BCUT2D eigenvalue weighted by Gasteiger charge is 2.34. The Morgan fingerprint density at radius 2 is 2.33 bits per heavy atom. The van der Waals surface area contributed by atoms with Crippen molar-refractivity contribution in [3.63, 3.8) is 0 Å². The minimum absolute atomic E-state index is 0.259. The number of nitrogens with two attached hydrogens (primary N) is 1. The molecule has 1 fully saturated rings. The van der Waals surface area contributed by atoms with Gasteiger partial charge in [-0.3, -0.25) is 0 Å². The van der Waals surface area contributed by atoms with Crippen molar-refractivity contribution in [1.29, 1.82) is 0 Å². The summed E-state index contributed by atoms with van der Waals surface area (Å²) >= 11 is 0. The van der Waals surface area contributed by atoms with Crippen LogP contribution in [0, 0.1) is 6.92 Å². The van der Waals surface area contributed by atoms with Gasteiger partial charge in [0.25, 0.3) is 0 Å². The number of ether oxygens (including phenoxy) is 1. The predicted octanol–water partition coefficient (Wildman–Crippen LogP) is 0.695. The molecule has 1 saturated carbocycles. The van der Waals surface area contributed by atoms with Crippen LogP contribution in [0.5, 0.6) is 5.88 Å². The van der Waals surface area contributed by atoms with E-state index in [-0.39, 0.29) is 6.04 Å². The molecule has 1 aromatic heterocycles. The van der Waals surface area contributed by atoms with Gasteiger partial charge < -0.3 is 15.8 Å². The van der Waals surface area contributed by atoms with Gasteiger partial charge in [-0.25, -0.2) is 9.97 Å². The second kappa shape index (κ2) is 4.02. The molecule has 0 amide bonds. The zero-order valence-electron chi connectivity index (χ0n) is 9.03. The molecule has 0 aromatic carbocycles. The van der Waals surface area contributed by atoms with Gasteiger partial charge in [0.2, 0.25) is 5.88 Å². The van der Waals surface area contributed by atoms with Gasteiger partial charge >= 0.3 is 0 Å². The summed E-state index contributed by atoms with van der Waals surface area (Å²) in [7, 11) is 0. The minimum atomic E-state index is 0.259. The second-order valence-electron chi connectivity index (χ2n) is 3.74. The Balaban J connectivity index is 2.12. The van der Waals surface area contributed by atoms with Crippen LogP contribution in [0.2, 0.25) is 0 Å². The molecule has 5 nitrogen and oxygen atoms in total. The van der Waals surface area contributed by atoms with Crippen LogP contribution in [-0.4, -0.2) is 28.7 Å². The van der Waals surface area contributed by atoms with Crippen molar-refractivity contribution in [3.8, 4) is 5.88 Å². The largest absolute Gasteiger partial charge is 0.478 e. The zero-order valence-corrected chi connectivity index (χ0v) is 9.03. The summed E-state index contributed by atoms with van der Waals surface area (Å²) in [5.41, 5.74) is 6.67. The van der Waals surface area contributed by atoms with Gasteiger partial charge in [-0.1, -0.05) is 0 Å². The third-order valence-electron chi connectivity index (χ3n) is 2.48. The average Bonchev–Trinajstić information content (AvgIpc) is 2.89. The Bertz CT molecular complexity index is 355. The molecule has 0 bridgehead atoms. The summed E-state index contributed by atoms with van der Waals surface area (Å²) < 4.78 is 5.38. The molecule has 1 aliphatic rings. The molecule has 15 heavy (non-hydrogen) atoms. The van der Waals surface area contributed by atoms with Crippen LogP contribution < -0.4 is 15.8 Å². The molecule has 2 atom stereocenters. The van der Waals surface area contributed by atoms with Gasteiger partial charge in [-0.15, -0.1) is 0 Å². The molecule has 0 aliphatic heterocycles. The van der Waals surface area contributed by atoms with E-state index in [4.69, 9.17) is 10.5 Å². The van der Waals surface area contributed by atoms with Crippen LogP contribution in [0.25, 0.3) is 0 Å². The maximum absolute atomic E-state index is 5.72. The van der Waals surface area contributed by atoms with Gasteiger partial charge in [0, 0.05) is 12.1 Å². The quantitative estimate of drug-likeness (QED) is 0.761. The number of nitrogens with zero attached hydrogens (tertiary/aromatic N) is 2. The van der Waals surface area contributed by atoms with E-state index in [0.717, 1.165) is 17.8 Å². The first kappa shape index (κ1) is 10.2. The number of rotatable bonds is 4. The molecule has 5 heteroatoms. The first-order valence-corrected chi connectivity index (χ1v) is 5.19. The highest BCUT2D eigenvalue weighted by Crippen LogP contribution is 2.27. The first-order chi connectivity index (χ1) is 7.22. The molecule has 0 radical (unpaired) electrons. The summed E-state index contributed by atoms with van der Waals surface area (Å²) in [6, 6.07) is 0.614. The molecule has 3 N–H and O–H groups in total. The van der Waals surface area contributed by atoms with Gasteiger partial charge in [0.05, 0.1) is 12.2 Å². The lowest BCUT2D eigenvalue weighted by Crippen LogP contribution is -2.15. The standard InChI is InChI=1S/C10H16N4O/c1-3-15-10-6(2)9(12-5-13-10)14-8-4-7(8)11/h5,7-8H,3-4,11H2,1-2H3,(H,12,13,14). The summed E-state index contributed by atoms with van der Waals surface area (Å²) in [6.45, 7) is 4.49. The number of anilines is 1. The van der Waals surface area contributed by atoms with E-state index < -0.39 is 0 Å². The molecular formula is C10H16N4O. The van der Waals surface area contributed by atoms with E-state index in [9.17, 15) is 0 Å². The maximum atomic E-state index is 5.72. The second-order valence-corrected chi connectivity index (χ2v) is 3.74. The Hall–Kier alpha value is -1.36. The SMILES string of the molecule is CCOc1ncnc(NC2CC2N)c1C. The molecule has 1 aromatic rings. The molecule has 2 unspecified atom stereocenters. The van der Waals surface area contributed by atoms with Crippen molar-refractivity contribution < 1.29 is 4.74 Å². The lowest BCUT2D eigenvalue weighted by molar-refractivity contribution is 0.324. The van der Waals surface area contributed by atoms with Gasteiger partial charge in [0.1, 0.15) is 12.1 Å². The molecule has 0 saturated heterocycles. The van der Waals surface area contributed by atoms with E-state index in [0.29, 0.717) is 18.5 Å². The number of hydrogen-bond acceptors (Lipinski definition) is 5. The molecular weight excluding hydrogens is 192 g/mol. The van der Waals surface area contributed by atoms with Crippen LogP contribution in [0.3, 0.4) is 0 Å². The molecule has 1 heterocycles. The molecule has 2 rings (SSSR count). The Morgan fingerprint density at radius 1 is 1.60 bits per heavy atom. The predicted molar refractivity (Wildman–Crippen MR) is 57.9 cm³/mol. The lowest BCUT2D eigenvalue weighted by atomic mass is 10.3. The highest BCUT2D eigenvalue weighted by atomic mass is 16.5. The maximum Gasteiger partial charge on any atom is 0.221 e. The van der Waals surface area contributed by atoms with Crippen LogP contribution in [0.1, 0.15) is 18.9 Å². The van der Waals surface area contributed by atoms with Crippen molar-refractivity contribution >= 4 is 5.82 Å². The van der Waals surface area contributed by atoms with Gasteiger partial charge in [-0.2, -0.15) is 0 Å². The molecule has 82 valence electrons. The van der Waals surface area contributed by atoms with E-state index in [1.807, 2.05) is 13.8 Å². The Morgan fingerprint density at radius 3 is 2.93 bits per heavy atom. The number of hydrogen-bond donors (Lipinski definition) is 2. The minimum Gasteiger partial charge on any atom is -0.478 e. The number of nitrogens with one attached hydrogen (secondary N) is 1. The summed E-state index contributed by atoms with van der Waals surface area (Å²) in [4.78, 5) is 8.25. The van der Waals surface area contributed by atoms with Crippen LogP contribution >= 0.6 is 0 Å². The third-order valence-corrected chi connectivity index (χ3v) is 2.48. The zero-order chi connectivity index (χ0) is 10.8. The third kappa shape index (κ3) is 2.18. The normalized spacial score (nSPS) is 23.7. The highest BCUT2D eigenvalue weighted by molar-refractivity contribution is 5.49. The van der Waals surface area contributed by atoms with E-state index in [1.165, 1.54) is 6.33 Å². The van der Waals surface area contributed by atoms with Crippen molar-refractivity contribution in [3.05, 3.63) is 11.9 Å². The van der Waals surface area contributed by atoms with Crippen molar-refractivity contribution in [2.24, 2.45) is 5.73 Å². The Kier molecular flexibility index (Phi) is 2.73. The topological polar surface area (TPSA) is 73.1 Å². The fourth-order valence-corrected chi connectivity index (χ4v) is 1.42. The monoisotopic (exact) mass is 208 g/mol. The van der Waals surface area contributed by atoms with Crippen LogP contribution in [0.15, 0.2) is 6.33 Å². The lowest BCUT2D eigenvalue weighted by Gasteiger charge is -2.10. The van der Waals surface area contributed by atoms with E-state index in [2.05, 4.69) is 15.3 Å². The smallest absolute Gasteiger partial charge is 0.221 e. The summed E-state index contributed by atoms with van der Waals surface area (Å²) in [6.07, 6.45) is 2.52. The number of aromatic nitrogens is 2. The molecule has 1 aliphatic carbocycles.